The standard InChI is InChI=1S/C19H28O6/c1-11(2)18-16(24-13(4)20)9-12(3)7-6-8-15(19(22)23)10-17(18)25-14(5)21/h8-9,11,16-18H,6-7,10H2,1-5H3,(H,22,23)/b12-9+,15-8+/t16-,17-,18-/m1/s1. The van der Waals surface area contributed by atoms with Gasteiger partial charge in [0.15, 0.2) is 0 Å². The van der Waals surface area contributed by atoms with Crippen molar-refractivity contribution >= 4 is 17.9 Å². The van der Waals surface area contributed by atoms with Gasteiger partial charge in [-0.15, -0.1) is 0 Å². The minimum absolute atomic E-state index is 0.00669. The van der Waals surface area contributed by atoms with Crippen LogP contribution in [0, 0.1) is 11.8 Å². The molecule has 0 unspecified atom stereocenters. The summed E-state index contributed by atoms with van der Waals surface area (Å²) in [5.41, 5.74) is 1.22. The maximum Gasteiger partial charge on any atom is 0.331 e. The van der Waals surface area contributed by atoms with E-state index in [9.17, 15) is 19.5 Å². The highest BCUT2D eigenvalue weighted by molar-refractivity contribution is 5.86. The second-order valence-electron chi connectivity index (χ2n) is 6.83. The maximum atomic E-state index is 11.6. The second kappa shape index (κ2) is 9.39. The fourth-order valence-electron chi connectivity index (χ4n) is 3.22. The van der Waals surface area contributed by atoms with Gasteiger partial charge in [0, 0.05) is 31.8 Å². The van der Waals surface area contributed by atoms with Crippen LogP contribution in [0.2, 0.25) is 0 Å². The second-order valence-corrected chi connectivity index (χ2v) is 6.83. The number of ether oxygens (including phenoxy) is 2. The van der Waals surface area contributed by atoms with E-state index < -0.39 is 30.1 Å². The van der Waals surface area contributed by atoms with E-state index in [-0.39, 0.29) is 23.8 Å². The van der Waals surface area contributed by atoms with Crippen LogP contribution in [0.3, 0.4) is 0 Å². The van der Waals surface area contributed by atoms with Gasteiger partial charge in [0.1, 0.15) is 12.2 Å². The summed E-state index contributed by atoms with van der Waals surface area (Å²) in [4.78, 5) is 34.7. The Kier molecular flexibility index (Phi) is 7.87. The molecular weight excluding hydrogens is 324 g/mol. The van der Waals surface area contributed by atoms with Gasteiger partial charge in [0.25, 0.3) is 0 Å². The molecule has 1 rings (SSSR count). The highest BCUT2D eigenvalue weighted by Gasteiger charge is 2.37. The molecule has 1 N–H and O–H groups in total. The van der Waals surface area contributed by atoms with Gasteiger partial charge < -0.3 is 14.6 Å². The first-order valence-electron chi connectivity index (χ1n) is 8.55. The number of aliphatic carboxylic acids is 1. The Morgan fingerprint density at radius 2 is 1.76 bits per heavy atom. The highest BCUT2D eigenvalue weighted by atomic mass is 16.6. The molecule has 0 aromatic heterocycles. The Labute approximate surface area is 148 Å². The summed E-state index contributed by atoms with van der Waals surface area (Å²) in [6.07, 6.45) is 3.64. The maximum absolute atomic E-state index is 11.6. The average Bonchev–Trinajstić information content (AvgIpc) is 2.43. The summed E-state index contributed by atoms with van der Waals surface area (Å²) in [6, 6.07) is 0. The third kappa shape index (κ3) is 6.72. The first-order chi connectivity index (χ1) is 11.6. The average molecular weight is 352 g/mol. The molecule has 0 saturated heterocycles. The largest absolute Gasteiger partial charge is 0.478 e. The van der Waals surface area contributed by atoms with Crippen LogP contribution in [0.25, 0.3) is 0 Å². The van der Waals surface area contributed by atoms with Crippen molar-refractivity contribution in [1.29, 1.82) is 0 Å². The molecule has 140 valence electrons. The summed E-state index contributed by atoms with van der Waals surface area (Å²) >= 11 is 0. The summed E-state index contributed by atoms with van der Waals surface area (Å²) < 4.78 is 11.0. The number of carbonyl (C=O) groups is 3. The van der Waals surface area contributed by atoms with Crippen molar-refractivity contribution in [3.8, 4) is 0 Å². The van der Waals surface area contributed by atoms with Crippen LogP contribution in [-0.2, 0) is 23.9 Å². The lowest BCUT2D eigenvalue weighted by molar-refractivity contribution is -0.159. The fraction of sp³-hybridized carbons (Fsp3) is 0.632. The zero-order valence-electron chi connectivity index (χ0n) is 15.6. The molecule has 0 radical (unpaired) electrons. The first kappa shape index (κ1) is 20.9. The van der Waals surface area contributed by atoms with Crippen molar-refractivity contribution in [3.63, 3.8) is 0 Å². The smallest absolute Gasteiger partial charge is 0.331 e. The fourth-order valence-corrected chi connectivity index (χ4v) is 3.22. The van der Waals surface area contributed by atoms with Crippen molar-refractivity contribution < 1.29 is 29.0 Å². The Bertz CT molecular complexity index is 572. The van der Waals surface area contributed by atoms with Gasteiger partial charge in [-0.05, 0) is 31.8 Å². The molecule has 0 spiro atoms. The lowest BCUT2D eigenvalue weighted by Crippen LogP contribution is -2.40. The van der Waals surface area contributed by atoms with E-state index in [1.165, 1.54) is 13.8 Å². The van der Waals surface area contributed by atoms with Crippen LogP contribution in [-0.4, -0.2) is 35.2 Å². The van der Waals surface area contributed by atoms with Crippen molar-refractivity contribution in [2.75, 3.05) is 0 Å². The van der Waals surface area contributed by atoms with Gasteiger partial charge in [0.05, 0.1) is 0 Å². The van der Waals surface area contributed by atoms with Gasteiger partial charge in [-0.3, -0.25) is 9.59 Å². The number of carboxylic acids is 1. The van der Waals surface area contributed by atoms with Gasteiger partial charge in [-0.1, -0.05) is 25.5 Å². The molecule has 3 atom stereocenters. The molecule has 25 heavy (non-hydrogen) atoms. The SMILES string of the molecule is CC(=O)O[C@@H]1/C=C(\C)CC/C=C(/C(=O)O)C[C@@H](OC(C)=O)[C@@H]1C(C)C. The van der Waals surface area contributed by atoms with E-state index in [1.807, 2.05) is 26.8 Å². The van der Waals surface area contributed by atoms with Crippen molar-refractivity contribution in [1.82, 2.24) is 0 Å². The molecule has 6 nitrogen and oxygen atoms in total. The van der Waals surface area contributed by atoms with Crippen LogP contribution in [0.1, 0.15) is 53.9 Å². The molecule has 0 heterocycles. The van der Waals surface area contributed by atoms with Gasteiger partial charge in [0.2, 0.25) is 0 Å². The number of hydrogen-bond acceptors (Lipinski definition) is 5. The molecule has 0 aliphatic heterocycles. The van der Waals surface area contributed by atoms with E-state index >= 15 is 0 Å². The minimum atomic E-state index is -1.02. The molecule has 6 heteroatoms. The molecule has 1 aliphatic carbocycles. The minimum Gasteiger partial charge on any atom is -0.478 e. The summed E-state index contributed by atoms with van der Waals surface area (Å²) in [6.45, 7) is 8.43. The lowest BCUT2D eigenvalue weighted by Gasteiger charge is -2.35. The normalized spacial score (nSPS) is 29.0. The molecule has 0 saturated carbocycles. The predicted octanol–water partition coefficient (Wildman–Crippen LogP) is 3.26. The van der Waals surface area contributed by atoms with Crippen molar-refractivity contribution in [2.24, 2.45) is 11.8 Å². The molecule has 0 fully saturated rings. The quantitative estimate of drug-likeness (QED) is 0.617. The molecule has 0 amide bonds. The first-order valence-corrected chi connectivity index (χ1v) is 8.55. The Morgan fingerprint density at radius 1 is 1.16 bits per heavy atom. The number of carboxylic acid groups (broad SMARTS) is 1. The molecule has 0 bridgehead atoms. The zero-order chi connectivity index (χ0) is 19.1. The van der Waals surface area contributed by atoms with E-state index in [0.717, 1.165) is 5.57 Å². The zero-order valence-corrected chi connectivity index (χ0v) is 15.6. The van der Waals surface area contributed by atoms with E-state index in [1.54, 1.807) is 6.08 Å². The monoisotopic (exact) mass is 352 g/mol. The summed E-state index contributed by atoms with van der Waals surface area (Å²) in [5, 5.41) is 9.46. The molecule has 0 aromatic rings. The molecule has 0 aromatic carbocycles. The van der Waals surface area contributed by atoms with Crippen LogP contribution in [0.15, 0.2) is 23.3 Å². The Morgan fingerprint density at radius 3 is 2.24 bits per heavy atom. The number of carbonyl (C=O) groups excluding carboxylic acids is 2. The summed E-state index contributed by atoms with van der Waals surface area (Å²) in [7, 11) is 0. The third-order valence-electron chi connectivity index (χ3n) is 4.27. The van der Waals surface area contributed by atoms with E-state index in [2.05, 4.69) is 0 Å². The lowest BCUT2D eigenvalue weighted by atomic mass is 9.80. The molecular formula is C19H28O6. The third-order valence-corrected chi connectivity index (χ3v) is 4.27. The van der Waals surface area contributed by atoms with E-state index in [4.69, 9.17) is 9.47 Å². The van der Waals surface area contributed by atoms with Crippen LogP contribution >= 0.6 is 0 Å². The van der Waals surface area contributed by atoms with Crippen molar-refractivity contribution in [3.05, 3.63) is 23.3 Å². The van der Waals surface area contributed by atoms with Gasteiger partial charge in [-0.2, -0.15) is 0 Å². The Hall–Kier alpha value is -2.11. The van der Waals surface area contributed by atoms with Crippen molar-refractivity contribution in [2.45, 2.75) is 66.1 Å². The van der Waals surface area contributed by atoms with Crippen LogP contribution in [0.4, 0.5) is 0 Å². The van der Waals surface area contributed by atoms with Crippen LogP contribution in [0.5, 0.6) is 0 Å². The topological polar surface area (TPSA) is 89.9 Å². The van der Waals surface area contributed by atoms with Gasteiger partial charge in [-0.25, -0.2) is 4.79 Å². The summed E-state index contributed by atoms with van der Waals surface area (Å²) in [5.74, 6) is -2.27. The molecule has 1 aliphatic rings. The number of esters is 2. The number of allylic oxidation sites excluding steroid dienone is 2. The number of hydrogen-bond donors (Lipinski definition) is 1. The highest BCUT2D eigenvalue weighted by Crippen LogP contribution is 2.31. The number of rotatable bonds is 4. The predicted molar refractivity (Wildman–Crippen MR) is 92.8 cm³/mol. The van der Waals surface area contributed by atoms with Gasteiger partial charge >= 0.3 is 17.9 Å². The Balaban J connectivity index is 3.38. The van der Waals surface area contributed by atoms with Crippen LogP contribution < -0.4 is 0 Å². The van der Waals surface area contributed by atoms with E-state index in [0.29, 0.717) is 12.8 Å².